The molecule has 0 spiro atoms. The van der Waals surface area contributed by atoms with Crippen molar-refractivity contribution < 1.29 is 4.42 Å². The largest absolute Gasteiger partial charge is 0.421 e. The highest BCUT2D eigenvalue weighted by Gasteiger charge is 2.17. The molecular formula is C31H34N6O2. The molecule has 2 aromatic heterocycles. The fourth-order valence-electron chi connectivity index (χ4n) is 4.75. The van der Waals surface area contributed by atoms with E-state index in [0.717, 1.165) is 52.2 Å². The van der Waals surface area contributed by atoms with Crippen LogP contribution in [0.5, 0.6) is 0 Å². The summed E-state index contributed by atoms with van der Waals surface area (Å²) < 4.78 is 7.33. The average Bonchev–Trinajstić information content (AvgIpc) is 3.43. The standard InChI is InChI=1S/C31H34N6O2/c1-7-36(8-2)28-19-30-23(17-26(28)21-9-13-24(14-10-21)34(3)4)18-29(31(38)39-30)37-20-27(32-33-37)22-11-15-25(16-12-22)35(5)6/h9-20H,7-8H2,1-6H3. The Balaban J connectivity index is 1.59. The van der Waals surface area contributed by atoms with Crippen LogP contribution < -0.4 is 20.3 Å². The molecule has 0 radical (unpaired) electrons. The van der Waals surface area contributed by atoms with E-state index in [4.69, 9.17) is 4.42 Å². The average molecular weight is 523 g/mol. The van der Waals surface area contributed by atoms with E-state index in [1.54, 1.807) is 6.20 Å². The van der Waals surface area contributed by atoms with E-state index >= 15 is 0 Å². The maximum absolute atomic E-state index is 13.1. The van der Waals surface area contributed by atoms with Crippen LogP contribution >= 0.6 is 0 Å². The molecule has 3 aromatic carbocycles. The summed E-state index contributed by atoms with van der Waals surface area (Å²) in [5, 5.41) is 9.38. The van der Waals surface area contributed by atoms with Crippen LogP contribution in [0.15, 0.2) is 82.1 Å². The van der Waals surface area contributed by atoms with Crippen molar-refractivity contribution >= 4 is 28.0 Å². The van der Waals surface area contributed by atoms with Gasteiger partial charge in [-0.3, -0.25) is 0 Å². The zero-order valence-corrected chi connectivity index (χ0v) is 23.3. The molecule has 8 nitrogen and oxygen atoms in total. The Bertz CT molecular complexity index is 1650. The summed E-state index contributed by atoms with van der Waals surface area (Å²) in [6.45, 7) is 5.93. The van der Waals surface area contributed by atoms with Gasteiger partial charge in [0.05, 0.1) is 6.20 Å². The van der Waals surface area contributed by atoms with E-state index in [9.17, 15) is 4.79 Å². The zero-order chi connectivity index (χ0) is 27.7. The summed E-state index contributed by atoms with van der Waals surface area (Å²) in [4.78, 5) is 19.5. The van der Waals surface area contributed by atoms with Gasteiger partial charge in [0.25, 0.3) is 0 Å². The van der Waals surface area contributed by atoms with Gasteiger partial charge < -0.3 is 19.1 Å². The normalized spacial score (nSPS) is 11.1. The molecule has 2 heterocycles. The van der Waals surface area contributed by atoms with Gasteiger partial charge >= 0.3 is 5.63 Å². The second-order valence-corrected chi connectivity index (χ2v) is 9.93. The minimum atomic E-state index is -0.463. The first kappa shape index (κ1) is 26.0. The molecule has 0 fully saturated rings. The van der Waals surface area contributed by atoms with Crippen LogP contribution in [-0.2, 0) is 0 Å². The Hall–Kier alpha value is -4.59. The van der Waals surface area contributed by atoms with E-state index in [0.29, 0.717) is 17.0 Å². The Kier molecular flexibility index (Phi) is 7.11. The number of hydrogen-bond donors (Lipinski definition) is 0. The molecule has 8 heteroatoms. The SMILES string of the molecule is CCN(CC)c1cc2oc(=O)c(-n3cc(-c4ccc(N(C)C)cc4)nn3)cc2cc1-c1ccc(N(C)C)cc1. The van der Waals surface area contributed by atoms with Gasteiger partial charge in [0.2, 0.25) is 0 Å². The molecule has 0 aliphatic carbocycles. The van der Waals surface area contributed by atoms with Gasteiger partial charge in [0, 0.05) is 80.9 Å². The van der Waals surface area contributed by atoms with Crippen molar-refractivity contribution in [1.29, 1.82) is 0 Å². The lowest BCUT2D eigenvalue weighted by Gasteiger charge is -2.25. The van der Waals surface area contributed by atoms with Crippen molar-refractivity contribution in [2.24, 2.45) is 0 Å². The van der Waals surface area contributed by atoms with Crippen LogP contribution in [-0.4, -0.2) is 56.3 Å². The third-order valence-electron chi connectivity index (χ3n) is 7.05. The van der Waals surface area contributed by atoms with Gasteiger partial charge in [-0.15, -0.1) is 5.10 Å². The Labute approximate surface area is 228 Å². The maximum Gasteiger partial charge on any atom is 0.362 e. The highest BCUT2D eigenvalue weighted by atomic mass is 16.4. The summed E-state index contributed by atoms with van der Waals surface area (Å²) in [5.41, 5.74) is 7.43. The fraction of sp³-hybridized carbons (Fsp3) is 0.258. The second-order valence-electron chi connectivity index (χ2n) is 9.93. The lowest BCUT2D eigenvalue weighted by Crippen LogP contribution is -2.22. The third kappa shape index (κ3) is 5.10. The van der Waals surface area contributed by atoms with Crippen molar-refractivity contribution in [3.63, 3.8) is 0 Å². The van der Waals surface area contributed by atoms with Crippen LogP contribution in [0.2, 0.25) is 0 Å². The molecule has 0 aliphatic heterocycles. The summed E-state index contributed by atoms with van der Waals surface area (Å²) in [6, 6.07) is 22.4. The van der Waals surface area contributed by atoms with Crippen molar-refractivity contribution in [2.45, 2.75) is 13.8 Å². The number of anilines is 3. The first-order valence-electron chi connectivity index (χ1n) is 13.1. The van der Waals surface area contributed by atoms with Gasteiger partial charge in [0.15, 0.2) is 5.69 Å². The van der Waals surface area contributed by atoms with Crippen LogP contribution in [0, 0.1) is 0 Å². The Morgan fingerprint density at radius 3 is 1.95 bits per heavy atom. The molecule has 0 saturated carbocycles. The molecule has 0 saturated heterocycles. The van der Waals surface area contributed by atoms with Gasteiger partial charge in [-0.1, -0.05) is 29.5 Å². The van der Waals surface area contributed by atoms with Gasteiger partial charge in [-0.2, -0.15) is 0 Å². The van der Waals surface area contributed by atoms with E-state index in [2.05, 4.69) is 64.3 Å². The first-order valence-corrected chi connectivity index (χ1v) is 13.1. The lowest BCUT2D eigenvalue weighted by molar-refractivity contribution is 0.550. The number of aromatic nitrogens is 3. The van der Waals surface area contributed by atoms with E-state index in [1.807, 2.05) is 69.5 Å². The molecule has 0 atom stereocenters. The van der Waals surface area contributed by atoms with Crippen LogP contribution in [0.25, 0.3) is 39.0 Å². The number of hydrogen-bond acceptors (Lipinski definition) is 7. The fourth-order valence-corrected chi connectivity index (χ4v) is 4.75. The molecule has 0 amide bonds. The van der Waals surface area contributed by atoms with E-state index in [-0.39, 0.29) is 0 Å². The van der Waals surface area contributed by atoms with Crippen molar-refractivity contribution in [1.82, 2.24) is 15.0 Å². The molecule has 0 N–H and O–H groups in total. The molecule has 200 valence electrons. The first-order chi connectivity index (χ1) is 18.8. The van der Waals surface area contributed by atoms with Crippen LogP contribution in [0.3, 0.4) is 0 Å². The molecule has 0 bridgehead atoms. The second kappa shape index (κ2) is 10.6. The molecule has 5 aromatic rings. The zero-order valence-electron chi connectivity index (χ0n) is 23.3. The number of fused-ring (bicyclic) bond motifs is 1. The Morgan fingerprint density at radius 1 is 0.795 bits per heavy atom. The van der Waals surface area contributed by atoms with E-state index < -0.39 is 5.63 Å². The smallest absolute Gasteiger partial charge is 0.362 e. The summed E-state index contributed by atoms with van der Waals surface area (Å²) in [7, 11) is 8.06. The summed E-state index contributed by atoms with van der Waals surface area (Å²) >= 11 is 0. The maximum atomic E-state index is 13.1. The topological polar surface area (TPSA) is 70.6 Å². The van der Waals surface area contributed by atoms with Gasteiger partial charge in [-0.05, 0) is 55.8 Å². The van der Waals surface area contributed by atoms with Crippen molar-refractivity contribution in [3.8, 4) is 28.1 Å². The highest BCUT2D eigenvalue weighted by Crippen LogP contribution is 2.36. The van der Waals surface area contributed by atoms with Crippen LogP contribution in [0.1, 0.15) is 13.8 Å². The molecule has 39 heavy (non-hydrogen) atoms. The predicted molar refractivity (Wildman–Crippen MR) is 160 cm³/mol. The molecule has 0 unspecified atom stereocenters. The number of nitrogens with zero attached hydrogens (tertiary/aromatic N) is 6. The monoisotopic (exact) mass is 522 g/mol. The highest BCUT2D eigenvalue weighted by molar-refractivity contribution is 5.92. The predicted octanol–water partition coefficient (Wildman–Crippen LogP) is 5.69. The van der Waals surface area contributed by atoms with Crippen LogP contribution in [0.4, 0.5) is 17.1 Å². The minimum Gasteiger partial charge on any atom is -0.421 e. The number of benzene rings is 3. The third-order valence-corrected chi connectivity index (χ3v) is 7.05. The van der Waals surface area contributed by atoms with Crippen molar-refractivity contribution in [3.05, 3.63) is 83.3 Å². The van der Waals surface area contributed by atoms with E-state index in [1.165, 1.54) is 4.68 Å². The molecule has 0 aliphatic rings. The van der Waals surface area contributed by atoms with Gasteiger partial charge in [-0.25, -0.2) is 9.48 Å². The molecular weight excluding hydrogens is 488 g/mol. The lowest BCUT2D eigenvalue weighted by atomic mass is 10.00. The Morgan fingerprint density at radius 2 is 1.38 bits per heavy atom. The quantitative estimate of drug-likeness (QED) is 0.243. The molecule has 5 rings (SSSR count). The van der Waals surface area contributed by atoms with Gasteiger partial charge in [0.1, 0.15) is 11.3 Å². The summed E-state index contributed by atoms with van der Waals surface area (Å²) in [5.74, 6) is 0. The minimum absolute atomic E-state index is 0.315. The van der Waals surface area contributed by atoms with Crippen molar-refractivity contribution in [2.75, 3.05) is 56.0 Å². The summed E-state index contributed by atoms with van der Waals surface area (Å²) in [6.07, 6.45) is 1.76. The number of rotatable bonds is 8.